The second kappa shape index (κ2) is 3.68. The smallest absolute Gasteiger partial charge is 0.0594 e. The first-order valence-corrected chi connectivity index (χ1v) is 3.63. The standard InChI is InChI=1S/C7H14N2O/c1-7(8)6-9-2-4-10-5-3-9/h8H,2-6H2,1H3. The first-order valence-electron chi connectivity index (χ1n) is 3.63. The Labute approximate surface area is 61.5 Å². The first-order chi connectivity index (χ1) is 4.79. The number of rotatable bonds is 2. The molecule has 1 heterocycles. The Morgan fingerprint density at radius 3 is 2.60 bits per heavy atom. The van der Waals surface area contributed by atoms with Gasteiger partial charge in [0.15, 0.2) is 0 Å². The maximum atomic E-state index is 7.25. The highest BCUT2D eigenvalue weighted by Crippen LogP contribution is 1.95. The summed E-state index contributed by atoms with van der Waals surface area (Å²) in [6, 6.07) is 0. The van der Waals surface area contributed by atoms with Crippen LogP contribution in [0.2, 0.25) is 0 Å². The van der Waals surface area contributed by atoms with Crippen molar-refractivity contribution in [3.05, 3.63) is 0 Å². The van der Waals surface area contributed by atoms with Crippen molar-refractivity contribution in [1.82, 2.24) is 4.90 Å². The van der Waals surface area contributed by atoms with Gasteiger partial charge >= 0.3 is 0 Å². The Bertz CT molecular complexity index is 119. The summed E-state index contributed by atoms with van der Waals surface area (Å²) in [5.41, 5.74) is 0.738. The first kappa shape index (κ1) is 7.69. The molecule has 1 aliphatic rings. The molecule has 0 spiro atoms. The van der Waals surface area contributed by atoms with Gasteiger partial charge in [0.05, 0.1) is 13.2 Å². The van der Waals surface area contributed by atoms with E-state index in [0.717, 1.165) is 38.6 Å². The molecule has 10 heavy (non-hydrogen) atoms. The van der Waals surface area contributed by atoms with E-state index in [9.17, 15) is 0 Å². The maximum absolute atomic E-state index is 7.25. The number of hydrogen-bond donors (Lipinski definition) is 1. The van der Waals surface area contributed by atoms with E-state index in [-0.39, 0.29) is 0 Å². The molecule has 58 valence electrons. The predicted molar refractivity (Wildman–Crippen MR) is 40.7 cm³/mol. The molecular formula is C7H14N2O. The maximum Gasteiger partial charge on any atom is 0.0594 e. The van der Waals surface area contributed by atoms with E-state index in [4.69, 9.17) is 10.1 Å². The second-order valence-electron chi connectivity index (χ2n) is 2.67. The van der Waals surface area contributed by atoms with Crippen LogP contribution in [0.4, 0.5) is 0 Å². The summed E-state index contributed by atoms with van der Waals surface area (Å²) in [5, 5.41) is 7.25. The lowest BCUT2D eigenvalue weighted by Gasteiger charge is -2.25. The molecule has 1 aliphatic heterocycles. The van der Waals surface area contributed by atoms with Gasteiger partial charge in [-0.05, 0) is 6.92 Å². The van der Waals surface area contributed by atoms with E-state index in [1.165, 1.54) is 0 Å². The average Bonchev–Trinajstić information content (AvgIpc) is 1.88. The molecule has 1 N–H and O–H groups in total. The van der Waals surface area contributed by atoms with Crippen LogP contribution >= 0.6 is 0 Å². The lowest BCUT2D eigenvalue weighted by Crippen LogP contribution is -2.38. The fourth-order valence-corrected chi connectivity index (χ4v) is 1.09. The third-order valence-electron chi connectivity index (χ3n) is 1.56. The van der Waals surface area contributed by atoms with Gasteiger partial charge in [-0.25, -0.2) is 0 Å². The molecule has 0 unspecified atom stereocenters. The van der Waals surface area contributed by atoms with Gasteiger partial charge in [0.1, 0.15) is 0 Å². The molecule has 0 saturated carbocycles. The quantitative estimate of drug-likeness (QED) is 0.565. The lowest BCUT2D eigenvalue weighted by molar-refractivity contribution is 0.0452. The molecular weight excluding hydrogens is 128 g/mol. The number of hydrogen-bond acceptors (Lipinski definition) is 3. The van der Waals surface area contributed by atoms with E-state index in [2.05, 4.69) is 4.90 Å². The monoisotopic (exact) mass is 142 g/mol. The fourth-order valence-electron chi connectivity index (χ4n) is 1.09. The molecule has 0 amide bonds. The fraction of sp³-hybridized carbons (Fsp3) is 0.857. The van der Waals surface area contributed by atoms with Crippen molar-refractivity contribution in [1.29, 1.82) is 5.41 Å². The number of ether oxygens (including phenoxy) is 1. The topological polar surface area (TPSA) is 36.3 Å². The van der Waals surface area contributed by atoms with E-state index in [0.29, 0.717) is 0 Å². The van der Waals surface area contributed by atoms with Gasteiger partial charge in [-0.2, -0.15) is 0 Å². The summed E-state index contributed by atoms with van der Waals surface area (Å²) in [7, 11) is 0. The zero-order chi connectivity index (χ0) is 7.40. The van der Waals surface area contributed by atoms with Crippen LogP contribution in [0.3, 0.4) is 0 Å². The molecule has 0 aromatic rings. The highest BCUT2D eigenvalue weighted by atomic mass is 16.5. The minimum Gasteiger partial charge on any atom is -0.379 e. The van der Waals surface area contributed by atoms with Gasteiger partial charge in [0.2, 0.25) is 0 Å². The number of morpholine rings is 1. The minimum absolute atomic E-state index is 0.738. The van der Waals surface area contributed by atoms with Crippen molar-refractivity contribution in [2.75, 3.05) is 32.8 Å². The van der Waals surface area contributed by atoms with E-state index >= 15 is 0 Å². The van der Waals surface area contributed by atoms with Gasteiger partial charge < -0.3 is 10.1 Å². The van der Waals surface area contributed by atoms with Crippen LogP contribution in [0.5, 0.6) is 0 Å². The predicted octanol–water partition coefficient (Wildman–Crippen LogP) is 0.358. The van der Waals surface area contributed by atoms with Crippen LogP contribution in [0.15, 0.2) is 0 Å². The van der Waals surface area contributed by atoms with Gasteiger partial charge in [-0.15, -0.1) is 0 Å². The number of nitrogens with zero attached hydrogens (tertiary/aromatic N) is 1. The zero-order valence-corrected chi connectivity index (χ0v) is 6.39. The minimum atomic E-state index is 0.738. The summed E-state index contributed by atoms with van der Waals surface area (Å²) in [6.45, 7) is 6.27. The molecule has 0 radical (unpaired) electrons. The van der Waals surface area contributed by atoms with Crippen LogP contribution in [0.1, 0.15) is 6.92 Å². The third kappa shape index (κ3) is 2.45. The molecule has 1 fully saturated rings. The van der Waals surface area contributed by atoms with E-state index in [1.54, 1.807) is 0 Å². The van der Waals surface area contributed by atoms with Crippen molar-refractivity contribution in [3.63, 3.8) is 0 Å². The van der Waals surface area contributed by atoms with E-state index < -0.39 is 0 Å². The molecule has 3 nitrogen and oxygen atoms in total. The van der Waals surface area contributed by atoms with Crippen molar-refractivity contribution < 1.29 is 4.74 Å². The SMILES string of the molecule is CC(=N)CN1CCOCC1. The molecule has 0 aromatic carbocycles. The normalized spacial score (nSPS) is 20.9. The number of nitrogens with one attached hydrogen (secondary N) is 1. The average molecular weight is 142 g/mol. The lowest BCUT2D eigenvalue weighted by atomic mass is 10.3. The highest BCUT2D eigenvalue weighted by Gasteiger charge is 2.09. The molecule has 1 rings (SSSR count). The van der Waals surface area contributed by atoms with Crippen molar-refractivity contribution in [2.24, 2.45) is 0 Å². The van der Waals surface area contributed by atoms with Crippen molar-refractivity contribution >= 4 is 5.71 Å². The molecule has 0 aromatic heterocycles. The van der Waals surface area contributed by atoms with Gasteiger partial charge in [0.25, 0.3) is 0 Å². The summed E-state index contributed by atoms with van der Waals surface area (Å²) >= 11 is 0. The molecule has 0 bridgehead atoms. The second-order valence-corrected chi connectivity index (χ2v) is 2.67. The summed E-state index contributed by atoms with van der Waals surface area (Å²) < 4.78 is 5.17. The van der Waals surface area contributed by atoms with Crippen molar-refractivity contribution in [2.45, 2.75) is 6.92 Å². The summed E-state index contributed by atoms with van der Waals surface area (Å²) in [4.78, 5) is 2.24. The molecule has 1 saturated heterocycles. The van der Waals surface area contributed by atoms with Crippen LogP contribution in [-0.2, 0) is 4.74 Å². The Hall–Kier alpha value is -0.410. The Morgan fingerprint density at radius 1 is 1.50 bits per heavy atom. The third-order valence-corrected chi connectivity index (χ3v) is 1.56. The largest absolute Gasteiger partial charge is 0.379 e. The van der Waals surface area contributed by atoms with Gasteiger partial charge in [-0.1, -0.05) is 0 Å². The highest BCUT2D eigenvalue weighted by molar-refractivity contribution is 5.80. The van der Waals surface area contributed by atoms with Crippen LogP contribution in [0, 0.1) is 5.41 Å². The van der Waals surface area contributed by atoms with Gasteiger partial charge in [0, 0.05) is 25.3 Å². The van der Waals surface area contributed by atoms with Crippen molar-refractivity contribution in [3.8, 4) is 0 Å². The summed E-state index contributed by atoms with van der Waals surface area (Å²) in [5.74, 6) is 0. The molecule has 0 atom stereocenters. The van der Waals surface area contributed by atoms with Gasteiger partial charge in [-0.3, -0.25) is 4.90 Å². The van der Waals surface area contributed by atoms with Crippen LogP contribution < -0.4 is 0 Å². The molecule has 0 aliphatic carbocycles. The van der Waals surface area contributed by atoms with Crippen LogP contribution in [0.25, 0.3) is 0 Å². The summed E-state index contributed by atoms with van der Waals surface area (Å²) in [6.07, 6.45) is 0. The van der Waals surface area contributed by atoms with E-state index in [1.807, 2.05) is 6.92 Å². The Kier molecular flexibility index (Phi) is 2.83. The Morgan fingerprint density at radius 2 is 2.10 bits per heavy atom. The Balaban J connectivity index is 2.19. The van der Waals surface area contributed by atoms with Crippen LogP contribution in [-0.4, -0.2) is 43.5 Å². The zero-order valence-electron chi connectivity index (χ0n) is 6.39. The molecule has 3 heteroatoms.